The van der Waals surface area contributed by atoms with Crippen molar-refractivity contribution in [2.24, 2.45) is 11.8 Å². The molecule has 0 bridgehead atoms. The Bertz CT molecular complexity index is 904. The van der Waals surface area contributed by atoms with Crippen molar-refractivity contribution in [2.75, 3.05) is 16.8 Å². The van der Waals surface area contributed by atoms with Gasteiger partial charge in [-0.2, -0.15) is 0 Å². The third-order valence-electron chi connectivity index (χ3n) is 5.36. The highest BCUT2D eigenvalue weighted by molar-refractivity contribution is 6.00. The van der Waals surface area contributed by atoms with E-state index in [2.05, 4.69) is 17.6 Å². The zero-order valence-corrected chi connectivity index (χ0v) is 17.8. The molecule has 0 spiro atoms. The maximum absolute atomic E-state index is 12.6. The van der Waals surface area contributed by atoms with E-state index in [0.717, 1.165) is 23.4 Å². The van der Waals surface area contributed by atoms with Gasteiger partial charge in [-0.25, -0.2) is 0 Å². The van der Waals surface area contributed by atoms with Crippen LogP contribution < -0.4 is 15.5 Å². The van der Waals surface area contributed by atoms with Crippen molar-refractivity contribution < 1.29 is 14.4 Å². The van der Waals surface area contributed by atoms with Crippen LogP contribution in [0.4, 0.5) is 11.4 Å². The topological polar surface area (TPSA) is 78.5 Å². The van der Waals surface area contributed by atoms with Crippen molar-refractivity contribution in [3.63, 3.8) is 0 Å². The summed E-state index contributed by atoms with van der Waals surface area (Å²) in [6.45, 7) is 6.55. The van der Waals surface area contributed by atoms with Crippen LogP contribution in [-0.2, 0) is 27.3 Å². The van der Waals surface area contributed by atoms with E-state index in [4.69, 9.17) is 0 Å². The molecule has 0 aromatic heterocycles. The number of nitrogens with zero attached hydrogens (tertiary/aromatic N) is 1. The summed E-state index contributed by atoms with van der Waals surface area (Å²) in [6, 6.07) is 15.3. The first-order valence-corrected chi connectivity index (χ1v) is 10.4. The highest BCUT2D eigenvalue weighted by Crippen LogP contribution is 2.25. The second kappa shape index (κ2) is 9.57. The van der Waals surface area contributed by atoms with E-state index >= 15 is 0 Å². The van der Waals surface area contributed by atoms with Gasteiger partial charge in [-0.05, 0) is 41.8 Å². The Morgan fingerprint density at radius 3 is 2.27 bits per heavy atom. The predicted octanol–water partition coefficient (Wildman–Crippen LogP) is 3.51. The molecular formula is C24H29N3O3. The molecule has 30 heavy (non-hydrogen) atoms. The summed E-state index contributed by atoms with van der Waals surface area (Å²) in [5.41, 5.74) is 3.72. The fourth-order valence-corrected chi connectivity index (χ4v) is 3.37. The quantitative estimate of drug-likeness (QED) is 0.737. The van der Waals surface area contributed by atoms with Gasteiger partial charge in [0.15, 0.2) is 0 Å². The van der Waals surface area contributed by atoms with Crippen LogP contribution in [-0.4, -0.2) is 24.3 Å². The van der Waals surface area contributed by atoms with Crippen molar-refractivity contribution >= 4 is 29.1 Å². The third kappa shape index (κ3) is 5.26. The van der Waals surface area contributed by atoms with Gasteiger partial charge >= 0.3 is 0 Å². The van der Waals surface area contributed by atoms with E-state index in [1.807, 2.05) is 62.4 Å². The molecule has 158 valence electrons. The SMILES string of the molecule is CCc1ccc(N2CC(C(=O)NCc3ccc(NC(=O)C(C)C)cc3)CC2=O)cc1. The van der Waals surface area contributed by atoms with Gasteiger partial charge in [-0.3, -0.25) is 14.4 Å². The second-order valence-electron chi connectivity index (χ2n) is 7.98. The van der Waals surface area contributed by atoms with Crippen LogP contribution in [0.1, 0.15) is 38.3 Å². The Morgan fingerprint density at radius 2 is 1.67 bits per heavy atom. The lowest BCUT2D eigenvalue weighted by Crippen LogP contribution is -2.32. The fourth-order valence-electron chi connectivity index (χ4n) is 3.37. The summed E-state index contributed by atoms with van der Waals surface area (Å²) in [7, 11) is 0. The molecule has 1 heterocycles. The summed E-state index contributed by atoms with van der Waals surface area (Å²) in [4.78, 5) is 38.4. The van der Waals surface area contributed by atoms with Gasteiger partial charge in [0, 0.05) is 36.8 Å². The Hall–Kier alpha value is -3.15. The van der Waals surface area contributed by atoms with E-state index < -0.39 is 0 Å². The molecule has 6 heteroatoms. The molecule has 3 amide bonds. The molecule has 1 aliphatic heterocycles. The molecule has 0 aliphatic carbocycles. The highest BCUT2D eigenvalue weighted by Gasteiger charge is 2.34. The Labute approximate surface area is 177 Å². The van der Waals surface area contributed by atoms with Crippen LogP contribution in [0, 0.1) is 11.8 Å². The fraction of sp³-hybridized carbons (Fsp3) is 0.375. The number of carbonyl (C=O) groups excluding carboxylic acids is 3. The zero-order valence-electron chi connectivity index (χ0n) is 17.8. The van der Waals surface area contributed by atoms with Crippen molar-refractivity contribution in [2.45, 2.75) is 40.2 Å². The number of nitrogens with one attached hydrogen (secondary N) is 2. The zero-order chi connectivity index (χ0) is 21.7. The van der Waals surface area contributed by atoms with Gasteiger partial charge in [-0.1, -0.05) is 45.0 Å². The van der Waals surface area contributed by atoms with Crippen molar-refractivity contribution in [3.05, 3.63) is 59.7 Å². The Morgan fingerprint density at radius 1 is 1.03 bits per heavy atom. The average Bonchev–Trinajstić information content (AvgIpc) is 3.14. The number of hydrogen-bond donors (Lipinski definition) is 2. The van der Waals surface area contributed by atoms with Crippen LogP contribution >= 0.6 is 0 Å². The minimum atomic E-state index is -0.354. The summed E-state index contributed by atoms with van der Waals surface area (Å²) in [5.74, 6) is -0.608. The molecule has 6 nitrogen and oxygen atoms in total. The maximum Gasteiger partial charge on any atom is 0.227 e. The molecule has 1 atom stereocenters. The average molecular weight is 408 g/mol. The van der Waals surface area contributed by atoms with Gasteiger partial charge in [0.2, 0.25) is 17.7 Å². The number of benzene rings is 2. The standard InChI is InChI=1S/C24H29N3O3/c1-4-17-7-11-21(12-8-17)27-15-19(13-22(27)28)24(30)25-14-18-5-9-20(10-6-18)26-23(29)16(2)3/h5-12,16,19H,4,13-15H2,1-3H3,(H,25,30)(H,26,29). The lowest BCUT2D eigenvalue weighted by atomic mass is 10.1. The van der Waals surface area contributed by atoms with Gasteiger partial charge in [0.25, 0.3) is 0 Å². The minimum absolute atomic E-state index is 0.0235. The molecule has 1 saturated heterocycles. The van der Waals surface area contributed by atoms with Gasteiger partial charge in [0.1, 0.15) is 0 Å². The molecule has 1 unspecified atom stereocenters. The number of carbonyl (C=O) groups is 3. The normalized spacial score (nSPS) is 16.1. The summed E-state index contributed by atoms with van der Waals surface area (Å²) >= 11 is 0. The van der Waals surface area contributed by atoms with E-state index in [9.17, 15) is 14.4 Å². The Balaban J connectivity index is 1.52. The predicted molar refractivity (Wildman–Crippen MR) is 118 cm³/mol. The lowest BCUT2D eigenvalue weighted by molar-refractivity contribution is -0.126. The van der Waals surface area contributed by atoms with E-state index in [1.165, 1.54) is 5.56 Å². The molecule has 0 saturated carbocycles. The summed E-state index contributed by atoms with van der Waals surface area (Å²) in [5, 5.41) is 5.77. The van der Waals surface area contributed by atoms with Gasteiger partial charge < -0.3 is 15.5 Å². The van der Waals surface area contributed by atoms with Gasteiger partial charge in [-0.15, -0.1) is 0 Å². The molecule has 1 fully saturated rings. The van der Waals surface area contributed by atoms with Crippen molar-refractivity contribution in [1.29, 1.82) is 0 Å². The molecule has 2 N–H and O–H groups in total. The molecule has 0 radical (unpaired) electrons. The molecule has 1 aliphatic rings. The first kappa shape index (κ1) is 21.6. The lowest BCUT2D eigenvalue weighted by Gasteiger charge is -2.17. The number of rotatable bonds is 7. The molecule has 3 rings (SSSR count). The van der Waals surface area contributed by atoms with Crippen molar-refractivity contribution in [3.8, 4) is 0 Å². The first-order valence-electron chi connectivity index (χ1n) is 10.4. The summed E-state index contributed by atoms with van der Waals surface area (Å²) < 4.78 is 0. The minimum Gasteiger partial charge on any atom is -0.352 e. The number of amides is 3. The number of anilines is 2. The third-order valence-corrected chi connectivity index (χ3v) is 5.36. The van der Waals surface area contributed by atoms with Crippen LogP contribution in [0.15, 0.2) is 48.5 Å². The van der Waals surface area contributed by atoms with Crippen molar-refractivity contribution in [1.82, 2.24) is 5.32 Å². The van der Waals surface area contributed by atoms with E-state index in [1.54, 1.807) is 4.90 Å². The first-order chi connectivity index (χ1) is 14.4. The van der Waals surface area contributed by atoms with Crippen LogP contribution in [0.3, 0.4) is 0 Å². The summed E-state index contributed by atoms with van der Waals surface area (Å²) in [6.07, 6.45) is 1.17. The van der Waals surface area contributed by atoms with Crippen LogP contribution in [0.5, 0.6) is 0 Å². The number of hydrogen-bond acceptors (Lipinski definition) is 3. The molecule has 2 aromatic rings. The number of aryl methyl sites for hydroxylation is 1. The highest BCUT2D eigenvalue weighted by atomic mass is 16.2. The molecular weight excluding hydrogens is 378 g/mol. The van der Waals surface area contributed by atoms with Crippen LogP contribution in [0.25, 0.3) is 0 Å². The smallest absolute Gasteiger partial charge is 0.227 e. The monoisotopic (exact) mass is 407 g/mol. The maximum atomic E-state index is 12.6. The molecule has 2 aromatic carbocycles. The van der Waals surface area contributed by atoms with E-state index in [-0.39, 0.29) is 36.0 Å². The second-order valence-corrected chi connectivity index (χ2v) is 7.98. The van der Waals surface area contributed by atoms with Gasteiger partial charge in [0.05, 0.1) is 5.92 Å². The Kier molecular flexibility index (Phi) is 6.87. The van der Waals surface area contributed by atoms with E-state index in [0.29, 0.717) is 13.1 Å². The largest absolute Gasteiger partial charge is 0.352 e. The van der Waals surface area contributed by atoms with Crippen LogP contribution in [0.2, 0.25) is 0 Å².